The van der Waals surface area contributed by atoms with Gasteiger partial charge >= 0.3 is 0 Å². The molecule has 0 saturated carbocycles. The van der Waals surface area contributed by atoms with Crippen LogP contribution in [0, 0.1) is 0 Å². The largest absolute Gasteiger partial charge is 0.379 e. The number of anilines is 1. The maximum Gasteiger partial charge on any atom is 0.0441 e. The Bertz CT molecular complexity index is 305. The lowest BCUT2D eigenvalue weighted by Crippen LogP contribution is -2.40. The molecule has 1 aromatic rings. The molecule has 2 N–H and O–H groups in total. The number of hydrogen-bond donors (Lipinski definition) is 2. The first kappa shape index (κ1) is 12.1. The standard InChI is InChI=1S/C13H22N2/c1-5-11-8-6-7-9-12(11)15-13(2,3)10-14-4/h6-9,14-15H,5,10H2,1-4H3. The fourth-order valence-corrected chi connectivity index (χ4v) is 1.80. The normalized spacial score (nSPS) is 11.5. The Labute approximate surface area is 93.1 Å². The molecule has 0 bridgehead atoms. The van der Waals surface area contributed by atoms with Gasteiger partial charge in [-0.2, -0.15) is 0 Å². The fraction of sp³-hybridized carbons (Fsp3) is 0.538. The summed E-state index contributed by atoms with van der Waals surface area (Å²) in [4.78, 5) is 0. The molecule has 0 atom stereocenters. The Morgan fingerprint density at radius 1 is 1.20 bits per heavy atom. The molecular weight excluding hydrogens is 184 g/mol. The Kier molecular flexibility index (Phi) is 4.15. The van der Waals surface area contributed by atoms with Crippen LogP contribution >= 0.6 is 0 Å². The molecule has 15 heavy (non-hydrogen) atoms. The number of aryl methyl sites for hydroxylation is 1. The van der Waals surface area contributed by atoms with Crippen molar-refractivity contribution in [2.24, 2.45) is 0 Å². The van der Waals surface area contributed by atoms with Crippen molar-refractivity contribution in [1.29, 1.82) is 0 Å². The third-order valence-electron chi connectivity index (χ3n) is 2.49. The van der Waals surface area contributed by atoms with Gasteiger partial charge in [0.25, 0.3) is 0 Å². The number of hydrogen-bond acceptors (Lipinski definition) is 2. The Morgan fingerprint density at radius 2 is 1.87 bits per heavy atom. The van der Waals surface area contributed by atoms with Crippen LogP contribution in [0.1, 0.15) is 26.3 Å². The molecule has 0 fully saturated rings. The summed E-state index contributed by atoms with van der Waals surface area (Å²) >= 11 is 0. The van der Waals surface area contributed by atoms with Gasteiger partial charge in [-0.25, -0.2) is 0 Å². The Hall–Kier alpha value is -1.02. The number of rotatable bonds is 5. The lowest BCUT2D eigenvalue weighted by atomic mass is 10.0. The summed E-state index contributed by atoms with van der Waals surface area (Å²) in [5.74, 6) is 0. The third-order valence-corrected chi connectivity index (χ3v) is 2.49. The Morgan fingerprint density at radius 3 is 2.47 bits per heavy atom. The van der Waals surface area contributed by atoms with Crippen molar-refractivity contribution in [3.8, 4) is 0 Å². The third kappa shape index (κ3) is 3.56. The number of benzene rings is 1. The van der Waals surface area contributed by atoms with E-state index in [-0.39, 0.29) is 5.54 Å². The van der Waals surface area contributed by atoms with E-state index >= 15 is 0 Å². The van der Waals surface area contributed by atoms with E-state index in [0.29, 0.717) is 0 Å². The highest BCUT2D eigenvalue weighted by atomic mass is 15.0. The van der Waals surface area contributed by atoms with Gasteiger partial charge in [0.15, 0.2) is 0 Å². The lowest BCUT2D eigenvalue weighted by molar-refractivity contribution is 0.530. The van der Waals surface area contributed by atoms with Gasteiger partial charge in [-0.05, 0) is 38.9 Å². The molecule has 0 aliphatic heterocycles. The monoisotopic (exact) mass is 206 g/mol. The van der Waals surface area contributed by atoms with E-state index in [4.69, 9.17) is 0 Å². The minimum absolute atomic E-state index is 0.0834. The molecule has 0 amide bonds. The van der Waals surface area contributed by atoms with Crippen LogP contribution in [-0.4, -0.2) is 19.1 Å². The van der Waals surface area contributed by atoms with Crippen molar-refractivity contribution < 1.29 is 0 Å². The van der Waals surface area contributed by atoms with E-state index in [1.807, 2.05) is 7.05 Å². The second-order valence-electron chi connectivity index (χ2n) is 4.55. The van der Waals surface area contributed by atoms with Crippen LogP contribution in [0.5, 0.6) is 0 Å². The molecule has 0 spiro atoms. The minimum atomic E-state index is 0.0834. The van der Waals surface area contributed by atoms with Crippen molar-refractivity contribution in [2.45, 2.75) is 32.7 Å². The average Bonchev–Trinajstić information content (AvgIpc) is 2.17. The van der Waals surface area contributed by atoms with Gasteiger partial charge in [0.1, 0.15) is 0 Å². The maximum atomic E-state index is 3.58. The zero-order chi connectivity index (χ0) is 11.3. The van der Waals surface area contributed by atoms with Crippen LogP contribution in [-0.2, 0) is 6.42 Å². The predicted molar refractivity (Wildman–Crippen MR) is 67.4 cm³/mol. The summed E-state index contributed by atoms with van der Waals surface area (Å²) in [6.45, 7) is 7.54. The summed E-state index contributed by atoms with van der Waals surface area (Å²) in [5.41, 5.74) is 2.71. The van der Waals surface area contributed by atoms with Gasteiger partial charge < -0.3 is 10.6 Å². The van der Waals surface area contributed by atoms with Crippen LogP contribution in [0.15, 0.2) is 24.3 Å². The van der Waals surface area contributed by atoms with Crippen LogP contribution in [0.4, 0.5) is 5.69 Å². The van der Waals surface area contributed by atoms with Gasteiger partial charge in [-0.1, -0.05) is 25.1 Å². The lowest BCUT2D eigenvalue weighted by Gasteiger charge is -2.28. The van der Waals surface area contributed by atoms with E-state index in [2.05, 4.69) is 55.7 Å². The molecule has 1 rings (SSSR count). The average molecular weight is 206 g/mol. The predicted octanol–water partition coefficient (Wildman–Crippen LogP) is 2.66. The summed E-state index contributed by atoms with van der Waals surface area (Å²) < 4.78 is 0. The first-order valence-corrected chi connectivity index (χ1v) is 5.60. The van der Waals surface area contributed by atoms with E-state index in [0.717, 1.165) is 13.0 Å². The summed E-state index contributed by atoms with van der Waals surface area (Å²) in [7, 11) is 1.98. The highest BCUT2D eigenvalue weighted by Gasteiger charge is 2.16. The highest BCUT2D eigenvalue weighted by Crippen LogP contribution is 2.19. The van der Waals surface area contributed by atoms with Gasteiger partial charge in [0.2, 0.25) is 0 Å². The molecular formula is C13H22N2. The molecule has 84 valence electrons. The molecule has 0 heterocycles. The number of likely N-dealkylation sites (N-methyl/N-ethyl adjacent to an activating group) is 1. The smallest absolute Gasteiger partial charge is 0.0441 e. The van der Waals surface area contributed by atoms with E-state index in [1.165, 1.54) is 11.3 Å². The molecule has 0 saturated heterocycles. The summed E-state index contributed by atoms with van der Waals surface area (Å²) in [6.07, 6.45) is 1.07. The van der Waals surface area contributed by atoms with Crippen molar-refractivity contribution in [3.05, 3.63) is 29.8 Å². The van der Waals surface area contributed by atoms with Crippen molar-refractivity contribution in [2.75, 3.05) is 18.9 Å². The molecule has 0 aliphatic carbocycles. The molecule has 0 radical (unpaired) electrons. The number of para-hydroxylation sites is 1. The molecule has 2 nitrogen and oxygen atoms in total. The van der Waals surface area contributed by atoms with E-state index in [1.54, 1.807) is 0 Å². The molecule has 0 aliphatic rings. The van der Waals surface area contributed by atoms with Gasteiger partial charge in [0, 0.05) is 17.8 Å². The minimum Gasteiger partial charge on any atom is -0.379 e. The summed E-state index contributed by atoms with van der Waals surface area (Å²) in [5, 5.41) is 6.78. The quantitative estimate of drug-likeness (QED) is 0.774. The number of nitrogens with one attached hydrogen (secondary N) is 2. The first-order chi connectivity index (χ1) is 7.09. The molecule has 0 unspecified atom stereocenters. The van der Waals surface area contributed by atoms with E-state index in [9.17, 15) is 0 Å². The summed E-state index contributed by atoms with van der Waals surface area (Å²) in [6, 6.07) is 8.50. The second kappa shape index (κ2) is 5.17. The molecule has 2 heteroatoms. The Balaban J connectivity index is 2.79. The molecule has 1 aromatic carbocycles. The van der Waals surface area contributed by atoms with Gasteiger partial charge in [0.05, 0.1) is 0 Å². The van der Waals surface area contributed by atoms with Crippen molar-refractivity contribution in [3.63, 3.8) is 0 Å². The zero-order valence-corrected chi connectivity index (χ0v) is 10.2. The SMILES string of the molecule is CCc1ccccc1NC(C)(C)CNC. The topological polar surface area (TPSA) is 24.1 Å². The van der Waals surface area contributed by atoms with Crippen LogP contribution in [0.25, 0.3) is 0 Å². The molecule has 0 aromatic heterocycles. The maximum absolute atomic E-state index is 3.58. The van der Waals surface area contributed by atoms with Crippen molar-refractivity contribution in [1.82, 2.24) is 5.32 Å². The van der Waals surface area contributed by atoms with Crippen LogP contribution < -0.4 is 10.6 Å². The van der Waals surface area contributed by atoms with Crippen molar-refractivity contribution >= 4 is 5.69 Å². The fourth-order valence-electron chi connectivity index (χ4n) is 1.80. The van der Waals surface area contributed by atoms with Gasteiger partial charge in [-0.15, -0.1) is 0 Å². The second-order valence-corrected chi connectivity index (χ2v) is 4.55. The zero-order valence-electron chi connectivity index (χ0n) is 10.2. The first-order valence-electron chi connectivity index (χ1n) is 5.60. The van der Waals surface area contributed by atoms with Gasteiger partial charge in [-0.3, -0.25) is 0 Å². The highest BCUT2D eigenvalue weighted by molar-refractivity contribution is 5.52. The van der Waals surface area contributed by atoms with E-state index < -0.39 is 0 Å². The van der Waals surface area contributed by atoms with Crippen LogP contribution in [0.2, 0.25) is 0 Å². The van der Waals surface area contributed by atoms with Crippen LogP contribution in [0.3, 0.4) is 0 Å².